The van der Waals surface area contributed by atoms with E-state index in [4.69, 9.17) is 0 Å². The number of rotatable bonds is 5. The molecule has 0 fully saturated rings. The molecular formula is C19H12F3N2O3S. The smallest absolute Gasteiger partial charge is 0.261 e. The first-order valence-electron chi connectivity index (χ1n) is 7.81. The summed E-state index contributed by atoms with van der Waals surface area (Å²) in [6.07, 6.45) is 0. The molecule has 3 aromatic carbocycles. The van der Waals surface area contributed by atoms with Gasteiger partial charge >= 0.3 is 0 Å². The summed E-state index contributed by atoms with van der Waals surface area (Å²) in [4.78, 5) is 12.1. The quantitative estimate of drug-likeness (QED) is 0.631. The number of anilines is 2. The first kappa shape index (κ1) is 19.4. The molecule has 0 saturated carbocycles. The van der Waals surface area contributed by atoms with Gasteiger partial charge in [-0.15, -0.1) is 0 Å². The van der Waals surface area contributed by atoms with E-state index in [1.165, 1.54) is 30.3 Å². The van der Waals surface area contributed by atoms with E-state index in [0.29, 0.717) is 12.1 Å². The molecular weight excluding hydrogens is 393 g/mol. The summed E-state index contributed by atoms with van der Waals surface area (Å²) in [6, 6.07) is 15.2. The van der Waals surface area contributed by atoms with Crippen LogP contribution in [0.1, 0.15) is 10.4 Å². The van der Waals surface area contributed by atoms with Crippen molar-refractivity contribution < 1.29 is 26.4 Å². The van der Waals surface area contributed by atoms with Crippen molar-refractivity contribution in [3.05, 3.63) is 89.7 Å². The molecule has 1 amide bonds. The normalized spacial score (nSPS) is 11.1. The van der Waals surface area contributed by atoms with E-state index in [1.54, 1.807) is 12.1 Å². The zero-order valence-electron chi connectivity index (χ0n) is 14.0. The molecule has 1 radical (unpaired) electrons. The van der Waals surface area contributed by atoms with E-state index in [1.807, 2.05) is 0 Å². The zero-order chi connectivity index (χ0) is 20.3. The van der Waals surface area contributed by atoms with Crippen LogP contribution < -0.4 is 10.0 Å². The maximum absolute atomic E-state index is 13.3. The summed E-state index contributed by atoms with van der Waals surface area (Å²) in [5.74, 6) is -5.41. The van der Waals surface area contributed by atoms with Gasteiger partial charge in [0.25, 0.3) is 15.9 Å². The van der Waals surface area contributed by atoms with Crippen LogP contribution in [-0.2, 0) is 10.0 Å². The molecule has 5 nitrogen and oxygen atoms in total. The minimum Gasteiger partial charge on any atom is -0.322 e. The topological polar surface area (TPSA) is 75.3 Å². The predicted molar refractivity (Wildman–Crippen MR) is 96.8 cm³/mol. The number of halogens is 3. The summed E-state index contributed by atoms with van der Waals surface area (Å²) in [5.41, 5.74) is -0.102. The van der Waals surface area contributed by atoms with Gasteiger partial charge in [0.15, 0.2) is 17.5 Å². The lowest BCUT2D eigenvalue weighted by Crippen LogP contribution is -2.16. The Hall–Kier alpha value is -3.33. The monoisotopic (exact) mass is 405 g/mol. The fraction of sp³-hybridized carbons (Fsp3) is 0. The van der Waals surface area contributed by atoms with Crippen molar-refractivity contribution in [3.8, 4) is 0 Å². The van der Waals surface area contributed by atoms with E-state index in [2.05, 4.69) is 16.1 Å². The Morgan fingerprint density at radius 3 is 2.29 bits per heavy atom. The second-order valence-corrected chi connectivity index (χ2v) is 7.32. The Morgan fingerprint density at radius 1 is 0.929 bits per heavy atom. The lowest BCUT2D eigenvalue weighted by atomic mass is 10.2. The molecule has 2 N–H and O–H groups in total. The largest absolute Gasteiger partial charge is 0.322 e. The fourth-order valence-corrected chi connectivity index (χ4v) is 3.40. The van der Waals surface area contributed by atoms with Crippen LogP contribution in [0, 0.1) is 23.5 Å². The summed E-state index contributed by atoms with van der Waals surface area (Å²) in [6.45, 7) is 0. The van der Waals surface area contributed by atoms with E-state index in [0.717, 1.165) is 6.07 Å². The predicted octanol–water partition coefficient (Wildman–Crippen LogP) is 3.96. The highest BCUT2D eigenvalue weighted by Gasteiger charge is 2.18. The lowest BCUT2D eigenvalue weighted by Gasteiger charge is -2.10. The van der Waals surface area contributed by atoms with Gasteiger partial charge in [-0.3, -0.25) is 9.52 Å². The van der Waals surface area contributed by atoms with Gasteiger partial charge in [-0.25, -0.2) is 21.6 Å². The highest BCUT2D eigenvalue weighted by atomic mass is 32.2. The van der Waals surface area contributed by atoms with Crippen molar-refractivity contribution in [1.82, 2.24) is 0 Å². The Kier molecular flexibility index (Phi) is 5.36. The summed E-state index contributed by atoms with van der Waals surface area (Å²) >= 11 is 0. The SMILES string of the molecule is O=C(Nc1cc(F)c(F)c(F)c1)c1cccc(S(=O)(=O)Nc2c[c]ccc2)c1. The summed E-state index contributed by atoms with van der Waals surface area (Å²) in [5, 5.41) is 2.19. The standard InChI is InChI=1S/C19H12F3N2O3S/c20-16-10-14(11-17(21)18(16)22)23-19(25)12-5-4-8-15(9-12)28(26,27)24-13-6-2-1-3-7-13/h1-2,4-11,24H,(H,23,25). The average molecular weight is 405 g/mol. The van der Waals surface area contributed by atoms with Crippen molar-refractivity contribution in [2.75, 3.05) is 10.0 Å². The van der Waals surface area contributed by atoms with Crippen molar-refractivity contribution in [3.63, 3.8) is 0 Å². The molecule has 9 heteroatoms. The van der Waals surface area contributed by atoms with Crippen molar-refractivity contribution in [2.45, 2.75) is 4.90 Å². The van der Waals surface area contributed by atoms with E-state index in [9.17, 15) is 26.4 Å². The third-order valence-electron chi connectivity index (χ3n) is 3.61. The summed E-state index contributed by atoms with van der Waals surface area (Å²) in [7, 11) is -3.98. The Morgan fingerprint density at radius 2 is 1.64 bits per heavy atom. The van der Waals surface area contributed by atoms with Crippen molar-refractivity contribution in [2.24, 2.45) is 0 Å². The maximum Gasteiger partial charge on any atom is 0.261 e. The second-order valence-electron chi connectivity index (χ2n) is 5.63. The molecule has 0 aliphatic carbocycles. The minimum atomic E-state index is -3.98. The average Bonchev–Trinajstić information content (AvgIpc) is 2.66. The number of sulfonamides is 1. The number of carbonyl (C=O) groups excluding carboxylic acids is 1. The highest BCUT2D eigenvalue weighted by Crippen LogP contribution is 2.20. The first-order valence-corrected chi connectivity index (χ1v) is 9.29. The molecule has 0 saturated heterocycles. The molecule has 3 rings (SSSR count). The highest BCUT2D eigenvalue weighted by molar-refractivity contribution is 7.92. The number of hydrogen-bond donors (Lipinski definition) is 2. The van der Waals surface area contributed by atoms with Crippen LogP contribution in [0.3, 0.4) is 0 Å². The van der Waals surface area contributed by atoms with Crippen molar-refractivity contribution in [1.29, 1.82) is 0 Å². The van der Waals surface area contributed by atoms with Gasteiger partial charge in [0.05, 0.1) is 4.90 Å². The Bertz CT molecular complexity index is 1110. The first-order chi connectivity index (χ1) is 13.3. The van der Waals surface area contributed by atoms with Gasteiger partial charge in [0, 0.05) is 29.1 Å². The van der Waals surface area contributed by atoms with Crippen LogP contribution in [0.15, 0.2) is 65.6 Å². The number of carbonyl (C=O) groups is 1. The van der Waals surface area contributed by atoms with Gasteiger partial charge in [0.2, 0.25) is 0 Å². The third kappa shape index (κ3) is 4.32. The molecule has 0 spiro atoms. The van der Waals surface area contributed by atoms with Crippen LogP contribution >= 0.6 is 0 Å². The van der Waals surface area contributed by atoms with Gasteiger partial charge in [0.1, 0.15) is 0 Å². The zero-order valence-corrected chi connectivity index (χ0v) is 14.9. The van der Waals surface area contributed by atoms with Crippen LogP contribution in [-0.4, -0.2) is 14.3 Å². The molecule has 0 aliphatic rings. The number of nitrogens with one attached hydrogen (secondary N) is 2. The minimum absolute atomic E-state index is 0.0763. The molecule has 0 atom stereocenters. The van der Waals surface area contributed by atoms with Gasteiger partial charge in [-0.05, 0) is 36.4 Å². The maximum atomic E-state index is 13.3. The molecule has 3 aromatic rings. The number of hydrogen-bond acceptors (Lipinski definition) is 3. The molecule has 0 unspecified atom stereocenters. The fourth-order valence-electron chi connectivity index (χ4n) is 2.31. The Balaban J connectivity index is 1.83. The van der Waals surface area contributed by atoms with Crippen LogP contribution in [0.25, 0.3) is 0 Å². The van der Waals surface area contributed by atoms with Crippen LogP contribution in [0.4, 0.5) is 24.5 Å². The molecule has 28 heavy (non-hydrogen) atoms. The van der Waals surface area contributed by atoms with E-state index >= 15 is 0 Å². The van der Waals surface area contributed by atoms with Crippen LogP contribution in [0.5, 0.6) is 0 Å². The number of benzene rings is 3. The lowest BCUT2D eigenvalue weighted by molar-refractivity contribution is 0.102. The third-order valence-corrected chi connectivity index (χ3v) is 4.99. The van der Waals surface area contributed by atoms with Gasteiger partial charge in [-0.2, -0.15) is 0 Å². The molecule has 0 aromatic heterocycles. The molecule has 143 valence electrons. The molecule has 0 aliphatic heterocycles. The summed E-state index contributed by atoms with van der Waals surface area (Å²) < 4.78 is 66.8. The van der Waals surface area contributed by atoms with E-state index in [-0.39, 0.29) is 21.8 Å². The Labute approximate surface area is 158 Å². The van der Waals surface area contributed by atoms with E-state index < -0.39 is 33.4 Å². The van der Waals surface area contributed by atoms with Crippen molar-refractivity contribution >= 4 is 27.3 Å². The molecule has 0 heterocycles. The molecule has 0 bridgehead atoms. The van der Waals surface area contributed by atoms with Gasteiger partial charge < -0.3 is 5.32 Å². The van der Waals surface area contributed by atoms with Gasteiger partial charge in [-0.1, -0.05) is 18.2 Å². The second kappa shape index (κ2) is 7.73. The van der Waals surface area contributed by atoms with Crippen LogP contribution in [0.2, 0.25) is 0 Å². The number of amides is 1.